The molecular weight excluding hydrogens is 230 g/mol. The molecule has 2 amide bonds. The number of hydrogen-bond acceptors (Lipinski definition) is 3. The lowest BCUT2D eigenvalue weighted by molar-refractivity contribution is -0.133. The molecule has 5 heteroatoms. The lowest BCUT2D eigenvalue weighted by Gasteiger charge is -2.24. The van der Waals surface area contributed by atoms with E-state index in [2.05, 4.69) is 31.2 Å². The molecule has 1 aromatic rings. The summed E-state index contributed by atoms with van der Waals surface area (Å²) in [5.41, 5.74) is 1.90. The van der Waals surface area contributed by atoms with Crippen molar-refractivity contribution in [3.63, 3.8) is 0 Å². The van der Waals surface area contributed by atoms with Gasteiger partial charge in [-0.15, -0.1) is 0 Å². The van der Waals surface area contributed by atoms with Gasteiger partial charge in [0.25, 0.3) is 0 Å². The van der Waals surface area contributed by atoms with Crippen LogP contribution in [0, 0.1) is 0 Å². The maximum Gasteiger partial charge on any atom is 0.227 e. The highest BCUT2D eigenvalue weighted by atomic mass is 16.2. The monoisotopic (exact) mass is 249 g/mol. The Hall–Kier alpha value is -1.65. The smallest absolute Gasteiger partial charge is 0.227 e. The molecule has 1 saturated heterocycles. The van der Waals surface area contributed by atoms with E-state index in [1.165, 1.54) is 0 Å². The highest BCUT2D eigenvalue weighted by molar-refractivity contribution is 5.98. The molecule has 0 radical (unpaired) electrons. The van der Waals surface area contributed by atoms with Gasteiger partial charge in [-0.2, -0.15) is 5.10 Å². The van der Waals surface area contributed by atoms with E-state index >= 15 is 0 Å². The number of aromatic nitrogens is 2. The molecule has 2 heterocycles. The molecule has 1 N–H and O–H groups in total. The lowest BCUT2D eigenvalue weighted by atomic mass is 9.82. The van der Waals surface area contributed by atoms with Gasteiger partial charge < -0.3 is 0 Å². The first kappa shape index (κ1) is 12.8. The Balaban J connectivity index is 2.38. The van der Waals surface area contributed by atoms with Crippen LogP contribution in [0.3, 0.4) is 0 Å². The molecule has 1 aromatic heterocycles. The van der Waals surface area contributed by atoms with Gasteiger partial charge in [0.15, 0.2) is 0 Å². The summed E-state index contributed by atoms with van der Waals surface area (Å²) >= 11 is 0. The Labute approximate surface area is 107 Å². The number of imide groups is 1. The Morgan fingerprint density at radius 3 is 2.33 bits per heavy atom. The van der Waals surface area contributed by atoms with Gasteiger partial charge in [0.2, 0.25) is 11.8 Å². The topological polar surface area (TPSA) is 64.0 Å². The molecule has 5 nitrogen and oxygen atoms in total. The average Bonchev–Trinajstić information content (AvgIpc) is 2.58. The zero-order chi connectivity index (χ0) is 13.5. The molecule has 18 heavy (non-hydrogen) atoms. The molecule has 0 spiro atoms. The van der Waals surface area contributed by atoms with Crippen LogP contribution >= 0.6 is 0 Å². The number of nitrogens with zero attached hydrogens (tertiary/aromatic N) is 2. The van der Waals surface area contributed by atoms with E-state index in [9.17, 15) is 9.59 Å². The minimum atomic E-state index is -0.194. The second-order valence-corrected chi connectivity index (χ2v) is 5.93. The summed E-state index contributed by atoms with van der Waals surface area (Å²) in [6.07, 6.45) is 2.65. The Morgan fingerprint density at radius 2 is 1.83 bits per heavy atom. The van der Waals surface area contributed by atoms with Crippen LogP contribution in [0.1, 0.15) is 50.8 Å². The van der Waals surface area contributed by atoms with Gasteiger partial charge in [-0.05, 0) is 5.56 Å². The summed E-state index contributed by atoms with van der Waals surface area (Å²) in [5.74, 6) is -0.436. The van der Waals surface area contributed by atoms with Gasteiger partial charge in [-0.3, -0.25) is 19.6 Å². The number of piperidine rings is 1. The van der Waals surface area contributed by atoms with Crippen molar-refractivity contribution in [3.05, 3.63) is 17.5 Å². The van der Waals surface area contributed by atoms with Crippen molar-refractivity contribution in [2.45, 2.75) is 44.9 Å². The molecule has 0 atom stereocenters. The van der Waals surface area contributed by atoms with E-state index in [-0.39, 0.29) is 23.1 Å². The molecule has 1 aliphatic heterocycles. The second-order valence-electron chi connectivity index (χ2n) is 5.93. The van der Waals surface area contributed by atoms with Crippen LogP contribution in [0.15, 0.2) is 6.20 Å². The normalized spacial score (nSPS) is 18.0. The van der Waals surface area contributed by atoms with Gasteiger partial charge in [-0.1, -0.05) is 20.8 Å². The third-order valence-electron chi connectivity index (χ3n) is 3.15. The predicted molar refractivity (Wildman–Crippen MR) is 67.0 cm³/mol. The minimum absolute atomic E-state index is 0.0471. The van der Waals surface area contributed by atoms with Crippen LogP contribution in [-0.2, 0) is 22.1 Å². The largest absolute Gasteiger partial charge is 0.296 e. The van der Waals surface area contributed by atoms with Crippen LogP contribution in [0.4, 0.5) is 0 Å². The van der Waals surface area contributed by atoms with E-state index in [4.69, 9.17) is 0 Å². The Kier molecular flexibility index (Phi) is 3.00. The third-order valence-corrected chi connectivity index (χ3v) is 3.15. The van der Waals surface area contributed by atoms with E-state index in [0.29, 0.717) is 12.8 Å². The van der Waals surface area contributed by atoms with E-state index < -0.39 is 0 Å². The summed E-state index contributed by atoms with van der Waals surface area (Å²) in [7, 11) is 1.86. The fourth-order valence-electron chi connectivity index (χ4n) is 2.39. The van der Waals surface area contributed by atoms with E-state index in [1.807, 2.05) is 13.2 Å². The van der Waals surface area contributed by atoms with Crippen molar-refractivity contribution in [2.75, 3.05) is 0 Å². The first-order valence-electron chi connectivity index (χ1n) is 6.14. The quantitative estimate of drug-likeness (QED) is 0.762. The first-order chi connectivity index (χ1) is 8.27. The molecular formula is C13H19N3O2. The number of carbonyl (C=O) groups is 2. The average molecular weight is 249 g/mol. The highest BCUT2D eigenvalue weighted by Gasteiger charge is 2.32. The van der Waals surface area contributed by atoms with Crippen molar-refractivity contribution in [3.8, 4) is 0 Å². The maximum absolute atomic E-state index is 11.5. The molecule has 1 fully saturated rings. The fourth-order valence-corrected chi connectivity index (χ4v) is 2.39. The zero-order valence-corrected chi connectivity index (χ0v) is 11.3. The molecule has 0 aromatic carbocycles. The van der Waals surface area contributed by atoms with E-state index in [1.54, 1.807) is 4.68 Å². The third kappa shape index (κ3) is 2.44. The molecule has 0 aliphatic carbocycles. The summed E-state index contributed by atoms with van der Waals surface area (Å²) in [4.78, 5) is 22.9. The SMILES string of the molecule is Cn1cc(C2CC(=O)NC(=O)C2)c(C(C)(C)C)n1. The summed E-state index contributed by atoms with van der Waals surface area (Å²) in [6, 6.07) is 0. The van der Waals surface area contributed by atoms with Crippen molar-refractivity contribution in [2.24, 2.45) is 7.05 Å². The maximum atomic E-state index is 11.5. The van der Waals surface area contributed by atoms with Crippen molar-refractivity contribution >= 4 is 11.8 Å². The van der Waals surface area contributed by atoms with Crippen LogP contribution in [0.25, 0.3) is 0 Å². The number of hydrogen-bond donors (Lipinski definition) is 1. The van der Waals surface area contributed by atoms with Gasteiger partial charge in [-0.25, -0.2) is 0 Å². The van der Waals surface area contributed by atoms with Gasteiger partial charge in [0.1, 0.15) is 0 Å². The van der Waals surface area contributed by atoms with Crippen molar-refractivity contribution in [1.29, 1.82) is 0 Å². The Morgan fingerprint density at radius 1 is 1.28 bits per heavy atom. The number of rotatable bonds is 1. The second kappa shape index (κ2) is 4.23. The first-order valence-corrected chi connectivity index (χ1v) is 6.14. The Bertz CT molecular complexity index is 481. The van der Waals surface area contributed by atoms with Crippen LogP contribution in [0.5, 0.6) is 0 Å². The molecule has 1 aliphatic rings. The molecule has 98 valence electrons. The molecule has 0 saturated carbocycles. The molecule has 0 unspecified atom stereocenters. The van der Waals surface area contributed by atoms with Crippen LogP contribution in [0.2, 0.25) is 0 Å². The van der Waals surface area contributed by atoms with Crippen LogP contribution in [-0.4, -0.2) is 21.6 Å². The van der Waals surface area contributed by atoms with Gasteiger partial charge in [0, 0.05) is 37.4 Å². The van der Waals surface area contributed by atoms with Gasteiger partial charge >= 0.3 is 0 Å². The van der Waals surface area contributed by atoms with Gasteiger partial charge in [0.05, 0.1) is 5.69 Å². The fraction of sp³-hybridized carbons (Fsp3) is 0.615. The number of aryl methyl sites for hydroxylation is 1. The van der Waals surface area contributed by atoms with Crippen molar-refractivity contribution < 1.29 is 9.59 Å². The standard InChI is InChI=1S/C13H19N3O2/c1-13(2,3)12-9(7-16(4)15-12)8-5-10(17)14-11(18)6-8/h7-8H,5-6H2,1-4H3,(H,14,17,18). The van der Waals surface area contributed by atoms with E-state index in [0.717, 1.165) is 11.3 Å². The predicted octanol–water partition coefficient (Wildman–Crippen LogP) is 1.24. The van der Waals surface area contributed by atoms with Crippen molar-refractivity contribution in [1.82, 2.24) is 15.1 Å². The summed E-state index contributed by atoms with van der Waals surface area (Å²) in [5, 5.41) is 6.82. The lowest BCUT2D eigenvalue weighted by Crippen LogP contribution is -2.38. The zero-order valence-electron chi connectivity index (χ0n) is 11.3. The number of amides is 2. The minimum Gasteiger partial charge on any atom is -0.296 e. The number of carbonyl (C=O) groups excluding carboxylic acids is 2. The highest BCUT2D eigenvalue weighted by Crippen LogP contribution is 2.34. The summed E-state index contributed by atoms with van der Waals surface area (Å²) < 4.78 is 1.76. The summed E-state index contributed by atoms with van der Waals surface area (Å²) in [6.45, 7) is 6.26. The number of nitrogens with one attached hydrogen (secondary N) is 1. The molecule has 0 bridgehead atoms. The van der Waals surface area contributed by atoms with Crippen LogP contribution < -0.4 is 5.32 Å². The molecule has 2 rings (SSSR count).